The average Bonchev–Trinajstić information content (AvgIpc) is 2.62. The van der Waals surface area contributed by atoms with E-state index in [4.69, 9.17) is 5.26 Å². The lowest BCUT2D eigenvalue weighted by Crippen LogP contribution is -2.33. The van der Waals surface area contributed by atoms with Gasteiger partial charge in [-0.15, -0.1) is 0 Å². The Morgan fingerprint density at radius 1 is 1.12 bits per heavy atom. The number of amides is 1. The molecule has 0 aromatic heterocycles. The molecular weight excluding hydrogens is 306 g/mol. The molecule has 2 aromatic rings. The summed E-state index contributed by atoms with van der Waals surface area (Å²) in [5.41, 5.74) is 1.23. The van der Waals surface area contributed by atoms with Gasteiger partial charge in [0.15, 0.2) is 0 Å². The second-order valence-electron chi connectivity index (χ2n) is 5.24. The van der Waals surface area contributed by atoms with Gasteiger partial charge in [-0.1, -0.05) is 36.4 Å². The lowest BCUT2D eigenvalue weighted by molar-refractivity contribution is -0.384. The second kappa shape index (κ2) is 8.44. The summed E-state index contributed by atoms with van der Waals surface area (Å²) in [5, 5.41) is 19.7. The number of hydrogen-bond donors (Lipinski definition) is 0. The van der Waals surface area contributed by atoms with Crippen molar-refractivity contribution in [3.63, 3.8) is 0 Å². The summed E-state index contributed by atoms with van der Waals surface area (Å²) in [5.74, 6) is -0.301. The molecule has 6 nitrogen and oxygen atoms in total. The molecule has 0 fully saturated rings. The Hall–Kier alpha value is -3.20. The summed E-state index contributed by atoms with van der Waals surface area (Å²) in [6.45, 7) is 0.748. The number of hydrogen-bond acceptors (Lipinski definition) is 4. The highest BCUT2D eigenvalue weighted by Crippen LogP contribution is 2.15. The minimum atomic E-state index is -0.527. The largest absolute Gasteiger partial charge is 0.337 e. The Kier molecular flexibility index (Phi) is 6.03. The van der Waals surface area contributed by atoms with Crippen molar-refractivity contribution in [1.29, 1.82) is 5.26 Å². The van der Waals surface area contributed by atoms with Crippen molar-refractivity contribution in [2.24, 2.45) is 0 Å². The monoisotopic (exact) mass is 323 g/mol. The van der Waals surface area contributed by atoms with E-state index in [1.807, 2.05) is 36.4 Å². The molecule has 0 saturated carbocycles. The molecule has 6 heteroatoms. The van der Waals surface area contributed by atoms with Crippen molar-refractivity contribution >= 4 is 11.6 Å². The molecule has 122 valence electrons. The predicted octanol–water partition coefficient (Wildman–Crippen LogP) is 3.19. The van der Waals surface area contributed by atoms with Crippen molar-refractivity contribution in [1.82, 2.24) is 4.90 Å². The number of nitrogens with zero attached hydrogens (tertiary/aromatic N) is 3. The maximum atomic E-state index is 12.6. The zero-order valence-electron chi connectivity index (χ0n) is 13.1. The van der Waals surface area contributed by atoms with Gasteiger partial charge in [0.1, 0.15) is 0 Å². The van der Waals surface area contributed by atoms with Gasteiger partial charge in [0.2, 0.25) is 0 Å². The fraction of sp³-hybridized carbons (Fsp3) is 0.222. The molecule has 0 aliphatic heterocycles. The van der Waals surface area contributed by atoms with Crippen LogP contribution in [0.25, 0.3) is 0 Å². The van der Waals surface area contributed by atoms with Crippen molar-refractivity contribution in [3.05, 3.63) is 75.8 Å². The fourth-order valence-electron chi connectivity index (χ4n) is 2.34. The highest BCUT2D eigenvalue weighted by Gasteiger charge is 2.18. The van der Waals surface area contributed by atoms with Gasteiger partial charge in [-0.25, -0.2) is 0 Å². The molecule has 1 amide bonds. The van der Waals surface area contributed by atoms with Crippen LogP contribution in [0.5, 0.6) is 0 Å². The van der Waals surface area contributed by atoms with Crippen molar-refractivity contribution in [2.45, 2.75) is 12.8 Å². The fourth-order valence-corrected chi connectivity index (χ4v) is 2.34. The van der Waals surface area contributed by atoms with Crippen molar-refractivity contribution in [3.8, 4) is 6.07 Å². The van der Waals surface area contributed by atoms with Gasteiger partial charge in [0.05, 0.1) is 17.4 Å². The van der Waals surface area contributed by atoms with Gasteiger partial charge in [0, 0.05) is 30.8 Å². The van der Waals surface area contributed by atoms with Crippen LogP contribution < -0.4 is 0 Å². The molecule has 0 spiro atoms. The zero-order valence-corrected chi connectivity index (χ0v) is 13.1. The van der Waals surface area contributed by atoms with Crippen LogP contribution in [0.1, 0.15) is 22.3 Å². The van der Waals surface area contributed by atoms with Crippen LogP contribution in [0, 0.1) is 21.4 Å². The third-order valence-corrected chi connectivity index (χ3v) is 3.60. The minimum Gasteiger partial charge on any atom is -0.337 e. The number of carbonyl (C=O) groups is 1. The number of carbonyl (C=O) groups excluding carboxylic acids is 1. The van der Waals surface area contributed by atoms with E-state index in [9.17, 15) is 14.9 Å². The first-order chi connectivity index (χ1) is 11.6. The number of benzene rings is 2. The molecule has 0 atom stereocenters. The standard InChI is InChI=1S/C18H17N3O3/c19-11-5-12-20(13-10-15-6-2-1-3-7-15)18(22)16-8-4-9-17(14-16)21(23)24/h1-4,6-9,14H,5,10,12-13H2. The maximum Gasteiger partial charge on any atom is 0.270 e. The van der Waals surface area contributed by atoms with Gasteiger partial charge >= 0.3 is 0 Å². The number of rotatable bonds is 7. The smallest absolute Gasteiger partial charge is 0.270 e. The molecule has 0 aliphatic carbocycles. The molecule has 0 N–H and O–H groups in total. The second-order valence-corrected chi connectivity index (χ2v) is 5.24. The molecular formula is C18H17N3O3. The number of nitro benzene ring substituents is 1. The molecule has 0 bridgehead atoms. The molecule has 24 heavy (non-hydrogen) atoms. The molecule has 0 radical (unpaired) electrons. The van der Waals surface area contributed by atoms with Crippen LogP contribution >= 0.6 is 0 Å². The average molecular weight is 323 g/mol. The predicted molar refractivity (Wildman–Crippen MR) is 89.4 cm³/mol. The van der Waals surface area contributed by atoms with Gasteiger partial charge in [-0.3, -0.25) is 14.9 Å². The molecule has 2 aromatic carbocycles. The first-order valence-electron chi connectivity index (χ1n) is 7.56. The van der Waals surface area contributed by atoms with E-state index in [2.05, 4.69) is 0 Å². The van der Waals surface area contributed by atoms with Gasteiger partial charge in [-0.2, -0.15) is 5.26 Å². The number of nitriles is 1. The summed E-state index contributed by atoms with van der Waals surface area (Å²) in [7, 11) is 0. The molecule has 0 aliphatic rings. The Labute approximate surface area is 140 Å². The van der Waals surface area contributed by atoms with Gasteiger partial charge < -0.3 is 4.90 Å². The van der Waals surface area contributed by atoms with Crippen LogP contribution in [0.2, 0.25) is 0 Å². The number of non-ortho nitro benzene ring substituents is 1. The summed E-state index contributed by atoms with van der Waals surface area (Å²) < 4.78 is 0. The summed E-state index contributed by atoms with van der Waals surface area (Å²) >= 11 is 0. The lowest BCUT2D eigenvalue weighted by Gasteiger charge is -2.21. The Bertz CT molecular complexity index is 754. The third-order valence-electron chi connectivity index (χ3n) is 3.60. The molecule has 2 rings (SSSR count). The van der Waals surface area contributed by atoms with Crippen molar-refractivity contribution < 1.29 is 9.72 Å². The van der Waals surface area contributed by atoms with E-state index in [-0.39, 0.29) is 23.6 Å². The van der Waals surface area contributed by atoms with Crippen molar-refractivity contribution in [2.75, 3.05) is 13.1 Å². The van der Waals surface area contributed by atoms with E-state index in [0.717, 1.165) is 5.56 Å². The summed E-state index contributed by atoms with van der Waals surface area (Å²) in [6, 6.07) is 17.4. The van der Waals surface area contributed by atoms with E-state index >= 15 is 0 Å². The molecule has 0 saturated heterocycles. The number of nitro groups is 1. The van der Waals surface area contributed by atoms with E-state index in [0.29, 0.717) is 19.5 Å². The van der Waals surface area contributed by atoms with Crippen LogP contribution in [-0.2, 0) is 6.42 Å². The van der Waals surface area contributed by atoms with Crippen LogP contribution in [-0.4, -0.2) is 28.8 Å². The Morgan fingerprint density at radius 2 is 1.88 bits per heavy atom. The first kappa shape index (κ1) is 17.2. The van der Waals surface area contributed by atoms with Crippen LogP contribution in [0.3, 0.4) is 0 Å². The molecule has 0 heterocycles. The first-order valence-corrected chi connectivity index (χ1v) is 7.56. The van der Waals surface area contributed by atoms with E-state index in [1.165, 1.54) is 18.2 Å². The van der Waals surface area contributed by atoms with Gasteiger partial charge in [0.25, 0.3) is 11.6 Å². The maximum absolute atomic E-state index is 12.6. The topological polar surface area (TPSA) is 87.2 Å². The highest BCUT2D eigenvalue weighted by atomic mass is 16.6. The lowest BCUT2D eigenvalue weighted by atomic mass is 10.1. The third kappa shape index (κ3) is 4.65. The zero-order chi connectivity index (χ0) is 17.4. The van der Waals surface area contributed by atoms with E-state index < -0.39 is 4.92 Å². The quantitative estimate of drug-likeness (QED) is 0.578. The summed E-state index contributed by atoms with van der Waals surface area (Å²) in [4.78, 5) is 24.5. The van der Waals surface area contributed by atoms with E-state index in [1.54, 1.807) is 11.0 Å². The Balaban J connectivity index is 2.14. The SMILES string of the molecule is N#CCCN(CCc1ccccc1)C(=O)c1cccc([N+](=O)[O-])c1. The summed E-state index contributed by atoms with van der Waals surface area (Å²) in [6.07, 6.45) is 0.877. The van der Waals surface area contributed by atoms with Gasteiger partial charge in [-0.05, 0) is 18.1 Å². The van der Waals surface area contributed by atoms with Crippen LogP contribution in [0.15, 0.2) is 54.6 Å². The molecule has 0 unspecified atom stereocenters. The highest BCUT2D eigenvalue weighted by molar-refractivity contribution is 5.94. The normalized spacial score (nSPS) is 9.96. The minimum absolute atomic E-state index is 0.121. The Morgan fingerprint density at radius 3 is 2.54 bits per heavy atom. The van der Waals surface area contributed by atoms with Crippen LogP contribution in [0.4, 0.5) is 5.69 Å².